The fourth-order valence-corrected chi connectivity index (χ4v) is 9.07. The minimum absolute atomic E-state index is 0.0957. The molecule has 0 heterocycles. The van der Waals surface area contributed by atoms with Crippen LogP contribution in [0.2, 0.25) is 0 Å². The number of ether oxygens (including phenoxy) is 3. The van der Waals surface area contributed by atoms with Crippen LogP contribution >= 0.6 is 0 Å². The van der Waals surface area contributed by atoms with E-state index in [0.29, 0.717) is 19.3 Å². The highest BCUT2D eigenvalue weighted by atomic mass is 16.6. The van der Waals surface area contributed by atoms with Gasteiger partial charge in [-0.05, 0) is 141 Å². The normalized spacial score (nSPS) is 13.0. The Bertz CT molecular complexity index is 1720. The van der Waals surface area contributed by atoms with Crippen LogP contribution in [-0.4, -0.2) is 37.2 Å². The lowest BCUT2D eigenvalue weighted by molar-refractivity contribution is -0.167. The van der Waals surface area contributed by atoms with E-state index in [9.17, 15) is 14.4 Å². The zero-order chi connectivity index (χ0) is 58.5. The SMILES string of the molecule is CC/C=C\C/C=C\C/C=C\C/C=C\C/C=C\C/C=C\C/C=C\CCCCCC(=O)OCC(COC(=O)CCCCCCCCCCC/C=C\C/C=C\CCCCC)OC(=O)CCCCCCCCCCC/C=C\C/C=C\CCCCC. The van der Waals surface area contributed by atoms with E-state index in [-0.39, 0.29) is 31.1 Å². The molecule has 1 atom stereocenters. The van der Waals surface area contributed by atoms with Gasteiger partial charge in [0.1, 0.15) is 13.2 Å². The van der Waals surface area contributed by atoms with Crippen LogP contribution in [0, 0.1) is 0 Å². The van der Waals surface area contributed by atoms with Crippen LogP contribution in [0.25, 0.3) is 0 Å². The quantitative estimate of drug-likeness (QED) is 0.0261. The summed E-state index contributed by atoms with van der Waals surface area (Å²) < 4.78 is 16.9. The Morgan fingerprint density at radius 2 is 0.481 bits per heavy atom. The summed E-state index contributed by atoms with van der Waals surface area (Å²) in [6, 6.07) is 0. The van der Waals surface area contributed by atoms with E-state index in [1.165, 1.54) is 141 Å². The highest BCUT2D eigenvalue weighted by Gasteiger charge is 2.19. The molecule has 0 saturated heterocycles. The summed E-state index contributed by atoms with van der Waals surface area (Å²) in [5.74, 6) is -0.932. The second-order valence-corrected chi connectivity index (χ2v) is 22.0. The maximum atomic E-state index is 12.9. The Morgan fingerprint density at radius 1 is 0.259 bits per heavy atom. The average molecular weight is 1120 g/mol. The Morgan fingerprint density at radius 3 is 0.765 bits per heavy atom. The third kappa shape index (κ3) is 66.2. The predicted molar refractivity (Wildman–Crippen MR) is 353 cm³/mol. The molecule has 0 spiro atoms. The number of hydrogen-bond donors (Lipinski definition) is 0. The van der Waals surface area contributed by atoms with Crippen LogP contribution in [-0.2, 0) is 28.6 Å². The molecule has 0 aromatic heterocycles. The zero-order valence-corrected chi connectivity index (χ0v) is 52.8. The molecule has 0 aromatic carbocycles. The van der Waals surface area contributed by atoms with Crippen molar-refractivity contribution in [2.24, 2.45) is 0 Å². The van der Waals surface area contributed by atoms with Gasteiger partial charge in [0.2, 0.25) is 0 Å². The van der Waals surface area contributed by atoms with Crippen molar-refractivity contribution in [1.82, 2.24) is 0 Å². The Balaban J connectivity index is 4.48. The minimum Gasteiger partial charge on any atom is -0.462 e. The van der Waals surface area contributed by atoms with Gasteiger partial charge in [0.05, 0.1) is 0 Å². The first-order valence-corrected chi connectivity index (χ1v) is 33.7. The van der Waals surface area contributed by atoms with Crippen molar-refractivity contribution in [1.29, 1.82) is 0 Å². The molecule has 0 saturated carbocycles. The first-order valence-electron chi connectivity index (χ1n) is 33.7. The molecule has 0 aliphatic heterocycles. The lowest BCUT2D eigenvalue weighted by atomic mass is 10.1. The molecule has 81 heavy (non-hydrogen) atoms. The van der Waals surface area contributed by atoms with E-state index >= 15 is 0 Å². The van der Waals surface area contributed by atoms with Crippen molar-refractivity contribution in [3.63, 3.8) is 0 Å². The van der Waals surface area contributed by atoms with Crippen LogP contribution in [0.4, 0.5) is 0 Å². The fraction of sp³-hybridized carbons (Fsp3) is 0.667. The molecule has 0 radical (unpaired) electrons. The molecule has 460 valence electrons. The molecular weight excluding hydrogens is 997 g/mol. The molecule has 0 amide bonds. The number of allylic oxidation sites excluding steroid dienone is 22. The summed E-state index contributed by atoms with van der Waals surface area (Å²) >= 11 is 0. The highest BCUT2D eigenvalue weighted by molar-refractivity contribution is 5.71. The molecule has 0 N–H and O–H groups in total. The van der Waals surface area contributed by atoms with E-state index in [1.54, 1.807) is 0 Å². The largest absolute Gasteiger partial charge is 0.462 e. The second-order valence-electron chi connectivity index (χ2n) is 22.0. The van der Waals surface area contributed by atoms with Crippen molar-refractivity contribution in [2.75, 3.05) is 13.2 Å². The first kappa shape index (κ1) is 76.5. The predicted octanol–water partition coefficient (Wildman–Crippen LogP) is 23.3. The maximum absolute atomic E-state index is 12.9. The molecule has 6 nitrogen and oxygen atoms in total. The van der Waals surface area contributed by atoms with Gasteiger partial charge in [-0.1, -0.05) is 276 Å². The second kappa shape index (κ2) is 68.1. The zero-order valence-electron chi connectivity index (χ0n) is 52.8. The maximum Gasteiger partial charge on any atom is 0.306 e. The van der Waals surface area contributed by atoms with Gasteiger partial charge in [-0.15, -0.1) is 0 Å². The smallest absolute Gasteiger partial charge is 0.306 e. The Kier molecular flexibility index (Phi) is 64.3. The molecule has 1 unspecified atom stereocenters. The van der Waals surface area contributed by atoms with Crippen molar-refractivity contribution in [2.45, 2.75) is 309 Å². The lowest BCUT2D eigenvalue weighted by Gasteiger charge is -2.18. The van der Waals surface area contributed by atoms with Crippen LogP contribution in [0.3, 0.4) is 0 Å². The summed E-state index contributed by atoms with van der Waals surface area (Å²) in [6.45, 7) is 6.46. The van der Waals surface area contributed by atoms with Crippen molar-refractivity contribution < 1.29 is 28.6 Å². The fourth-order valence-electron chi connectivity index (χ4n) is 9.07. The van der Waals surface area contributed by atoms with E-state index < -0.39 is 6.10 Å². The topological polar surface area (TPSA) is 78.9 Å². The number of hydrogen-bond acceptors (Lipinski definition) is 6. The summed E-state index contributed by atoms with van der Waals surface area (Å²) in [7, 11) is 0. The lowest BCUT2D eigenvalue weighted by Crippen LogP contribution is -2.30. The number of carbonyl (C=O) groups excluding carboxylic acids is 3. The molecule has 0 aromatic rings. The summed E-state index contributed by atoms with van der Waals surface area (Å²) in [5, 5.41) is 0. The molecule has 0 aliphatic rings. The van der Waals surface area contributed by atoms with Gasteiger partial charge in [0, 0.05) is 19.3 Å². The van der Waals surface area contributed by atoms with Crippen LogP contribution in [0.15, 0.2) is 134 Å². The van der Waals surface area contributed by atoms with E-state index in [4.69, 9.17) is 14.2 Å². The van der Waals surface area contributed by atoms with Gasteiger partial charge in [0.15, 0.2) is 6.10 Å². The molecular formula is C75H124O6. The molecule has 0 bridgehead atoms. The number of rotatable bonds is 60. The van der Waals surface area contributed by atoms with Crippen LogP contribution < -0.4 is 0 Å². The Labute approximate surface area is 500 Å². The number of esters is 3. The number of carbonyl (C=O) groups is 3. The first-order chi connectivity index (χ1) is 40.0. The van der Waals surface area contributed by atoms with Gasteiger partial charge >= 0.3 is 17.9 Å². The summed E-state index contributed by atoms with van der Waals surface area (Å²) in [5.41, 5.74) is 0. The minimum atomic E-state index is -0.803. The molecule has 6 heteroatoms. The van der Waals surface area contributed by atoms with Crippen LogP contribution in [0.1, 0.15) is 303 Å². The Hall–Kier alpha value is -4.45. The van der Waals surface area contributed by atoms with E-state index in [1.807, 2.05) is 0 Å². The van der Waals surface area contributed by atoms with Gasteiger partial charge in [0.25, 0.3) is 0 Å². The van der Waals surface area contributed by atoms with Crippen molar-refractivity contribution >= 4 is 17.9 Å². The summed E-state index contributed by atoms with van der Waals surface area (Å²) in [6.07, 6.45) is 95.9. The highest BCUT2D eigenvalue weighted by Crippen LogP contribution is 2.15. The third-order valence-corrected chi connectivity index (χ3v) is 14.1. The van der Waals surface area contributed by atoms with Gasteiger partial charge in [-0.2, -0.15) is 0 Å². The standard InChI is InChI=1S/C75H124O6/c1-4-7-10-13-16-19-22-25-28-31-34-35-36-37-38-39-42-44-47-50-53-56-59-62-65-68-74(77)80-71-72(81-75(78)69-66-63-60-57-54-51-48-45-41-33-30-27-24-21-18-15-12-9-6-3)70-79-73(76)67-64-61-58-55-52-49-46-43-40-32-29-26-23-20-17-14-11-8-5-2/h7,10,16-21,25-30,34-35,37-38,42,44,50,53,72H,4-6,8-9,11-15,22-24,31-33,36,39-41,43,45-49,51-52,54-71H2,1-3H3/b10-7-,19-16-,20-17-,21-18-,28-25-,29-26-,30-27-,35-34-,38-37-,44-42-,53-50-. The van der Waals surface area contributed by atoms with Gasteiger partial charge in [-0.25, -0.2) is 0 Å². The van der Waals surface area contributed by atoms with Crippen LogP contribution in [0.5, 0.6) is 0 Å². The average Bonchev–Trinajstić information content (AvgIpc) is 3.47. The van der Waals surface area contributed by atoms with Gasteiger partial charge in [-0.3, -0.25) is 14.4 Å². The van der Waals surface area contributed by atoms with Crippen molar-refractivity contribution in [3.8, 4) is 0 Å². The monoisotopic (exact) mass is 1120 g/mol. The van der Waals surface area contributed by atoms with E-state index in [2.05, 4.69) is 154 Å². The molecule has 0 rings (SSSR count). The van der Waals surface area contributed by atoms with E-state index in [0.717, 1.165) is 122 Å². The molecule has 0 fully saturated rings. The third-order valence-electron chi connectivity index (χ3n) is 14.1. The van der Waals surface area contributed by atoms with Gasteiger partial charge < -0.3 is 14.2 Å². The number of unbranched alkanes of at least 4 members (excludes halogenated alkanes) is 27. The van der Waals surface area contributed by atoms with Crippen molar-refractivity contribution in [3.05, 3.63) is 134 Å². The summed E-state index contributed by atoms with van der Waals surface area (Å²) in [4.78, 5) is 38.4. The molecule has 0 aliphatic carbocycles.